The number of aromatic nitrogens is 3. The molecule has 2 heterocycles. The van der Waals surface area contributed by atoms with E-state index in [1.807, 2.05) is 6.92 Å². The van der Waals surface area contributed by atoms with Gasteiger partial charge in [0, 0.05) is 0 Å². The molecule has 0 radical (unpaired) electrons. The first kappa shape index (κ1) is 10.1. The van der Waals surface area contributed by atoms with Gasteiger partial charge in [-0.05, 0) is 25.4 Å². The third-order valence-corrected chi connectivity index (χ3v) is 2.18. The lowest BCUT2D eigenvalue weighted by molar-refractivity contribution is 0.179. The molecule has 0 aliphatic carbocycles. The van der Waals surface area contributed by atoms with Gasteiger partial charge >= 0.3 is 6.09 Å². The van der Waals surface area contributed by atoms with E-state index in [0.29, 0.717) is 12.4 Å². The van der Waals surface area contributed by atoms with Crippen LogP contribution in [0.2, 0.25) is 5.28 Å². The normalized spacial score (nSPS) is 20.6. The molecule has 1 amide bonds. The maximum Gasteiger partial charge on any atom is 0.417 e. The Balaban J connectivity index is 2.40. The SMILES string of the molecule is Cc1nc(Cl)nc(N2C(=O)OC[C@@H]2C)n1. The van der Waals surface area contributed by atoms with E-state index >= 15 is 0 Å². The molecule has 6 nitrogen and oxygen atoms in total. The summed E-state index contributed by atoms with van der Waals surface area (Å²) in [6.45, 7) is 3.86. The van der Waals surface area contributed by atoms with Crippen LogP contribution in [0.5, 0.6) is 0 Å². The molecule has 1 aromatic rings. The second kappa shape index (κ2) is 3.62. The van der Waals surface area contributed by atoms with Crippen molar-refractivity contribution in [3.8, 4) is 0 Å². The van der Waals surface area contributed by atoms with Crippen molar-refractivity contribution in [3.05, 3.63) is 11.1 Å². The number of hydrogen-bond donors (Lipinski definition) is 0. The minimum atomic E-state index is -0.454. The summed E-state index contributed by atoms with van der Waals surface area (Å²) in [4.78, 5) is 24.5. The summed E-state index contributed by atoms with van der Waals surface area (Å²) in [7, 11) is 0. The molecule has 1 saturated heterocycles. The van der Waals surface area contributed by atoms with Gasteiger partial charge in [-0.3, -0.25) is 0 Å². The van der Waals surface area contributed by atoms with Gasteiger partial charge in [0.25, 0.3) is 0 Å². The molecule has 0 bridgehead atoms. The van der Waals surface area contributed by atoms with Crippen LogP contribution in [0.4, 0.5) is 10.7 Å². The average molecular weight is 229 g/mol. The molecule has 2 rings (SSSR count). The van der Waals surface area contributed by atoms with E-state index < -0.39 is 6.09 Å². The number of amides is 1. The Bertz CT molecular complexity index is 391. The molecule has 1 aromatic heterocycles. The van der Waals surface area contributed by atoms with Crippen molar-refractivity contribution in [2.75, 3.05) is 11.5 Å². The summed E-state index contributed by atoms with van der Waals surface area (Å²) in [5.74, 6) is 0.708. The van der Waals surface area contributed by atoms with Gasteiger partial charge in [-0.2, -0.15) is 9.97 Å². The summed E-state index contributed by atoms with van der Waals surface area (Å²) < 4.78 is 4.86. The van der Waals surface area contributed by atoms with Gasteiger partial charge in [-0.1, -0.05) is 0 Å². The van der Waals surface area contributed by atoms with Crippen LogP contribution in [0.1, 0.15) is 12.7 Å². The first-order valence-corrected chi connectivity index (χ1v) is 4.80. The van der Waals surface area contributed by atoms with Crippen LogP contribution in [0.15, 0.2) is 0 Å². The predicted octanol–water partition coefficient (Wildman–Crippen LogP) is 1.18. The number of anilines is 1. The van der Waals surface area contributed by atoms with E-state index in [0.717, 1.165) is 0 Å². The van der Waals surface area contributed by atoms with Gasteiger partial charge in [0.05, 0.1) is 6.04 Å². The zero-order chi connectivity index (χ0) is 11.0. The van der Waals surface area contributed by atoms with Gasteiger partial charge in [0.15, 0.2) is 0 Å². The number of carbonyl (C=O) groups excluding carboxylic acids is 1. The number of ether oxygens (including phenoxy) is 1. The first-order valence-electron chi connectivity index (χ1n) is 4.42. The van der Waals surface area contributed by atoms with Crippen LogP contribution in [0.3, 0.4) is 0 Å². The minimum Gasteiger partial charge on any atom is -0.447 e. The molecule has 1 fully saturated rings. The number of nitrogens with zero attached hydrogens (tertiary/aromatic N) is 4. The second-order valence-electron chi connectivity index (χ2n) is 3.25. The van der Waals surface area contributed by atoms with Crippen molar-refractivity contribution >= 4 is 23.6 Å². The van der Waals surface area contributed by atoms with Crippen molar-refractivity contribution in [2.24, 2.45) is 0 Å². The Morgan fingerprint density at radius 1 is 1.47 bits per heavy atom. The van der Waals surface area contributed by atoms with Crippen molar-refractivity contribution in [2.45, 2.75) is 19.9 Å². The largest absolute Gasteiger partial charge is 0.447 e. The highest BCUT2D eigenvalue weighted by molar-refractivity contribution is 6.28. The Morgan fingerprint density at radius 3 is 2.73 bits per heavy atom. The highest BCUT2D eigenvalue weighted by Gasteiger charge is 2.33. The van der Waals surface area contributed by atoms with Crippen molar-refractivity contribution < 1.29 is 9.53 Å². The standard InChI is InChI=1S/C8H9ClN4O2/c1-4-3-15-8(14)13(4)7-11-5(2)10-6(9)12-7/h4H,3H2,1-2H3/t4-/m0/s1. The molecule has 7 heteroatoms. The summed E-state index contributed by atoms with van der Waals surface area (Å²) in [5, 5.41) is 0.0735. The lowest BCUT2D eigenvalue weighted by Crippen LogP contribution is -2.32. The molecule has 1 atom stereocenters. The lowest BCUT2D eigenvalue weighted by Gasteiger charge is -2.15. The molecule has 0 aromatic carbocycles. The molecular weight excluding hydrogens is 220 g/mol. The van der Waals surface area contributed by atoms with E-state index in [-0.39, 0.29) is 17.3 Å². The van der Waals surface area contributed by atoms with Gasteiger partial charge in [0.1, 0.15) is 12.4 Å². The molecular formula is C8H9ClN4O2. The molecule has 80 valence electrons. The van der Waals surface area contributed by atoms with E-state index in [4.69, 9.17) is 16.3 Å². The average Bonchev–Trinajstić information content (AvgIpc) is 2.44. The quantitative estimate of drug-likeness (QED) is 0.722. The van der Waals surface area contributed by atoms with E-state index in [9.17, 15) is 4.79 Å². The van der Waals surface area contributed by atoms with Crippen molar-refractivity contribution in [3.63, 3.8) is 0 Å². The van der Waals surface area contributed by atoms with Crippen LogP contribution >= 0.6 is 11.6 Å². The van der Waals surface area contributed by atoms with Crippen molar-refractivity contribution in [1.82, 2.24) is 15.0 Å². The fourth-order valence-electron chi connectivity index (χ4n) is 1.34. The van der Waals surface area contributed by atoms with Crippen LogP contribution in [-0.4, -0.2) is 33.7 Å². The highest BCUT2D eigenvalue weighted by atomic mass is 35.5. The van der Waals surface area contributed by atoms with Crippen molar-refractivity contribution in [1.29, 1.82) is 0 Å². The summed E-state index contributed by atoms with van der Waals surface area (Å²) >= 11 is 5.68. The molecule has 0 N–H and O–H groups in total. The van der Waals surface area contributed by atoms with Crippen LogP contribution < -0.4 is 4.90 Å². The molecule has 15 heavy (non-hydrogen) atoms. The van der Waals surface area contributed by atoms with Crippen LogP contribution in [0, 0.1) is 6.92 Å². The van der Waals surface area contributed by atoms with Gasteiger partial charge < -0.3 is 4.74 Å². The third kappa shape index (κ3) is 1.85. The lowest BCUT2D eigenvalue weighted by atomic mass is 10.3. The first-order chi connectivity index (χ1) is 7.08. The zero-order valence-corrected chi connectivity index (χ0v) is 9.02. The third-order valence-electron chi connectivity index (χ3n) is 2.01. The minimum absolute atomic E-state index is 0.0735. The molecule has 0 saturated carbocycles. The fraction of sp³-hybridized carbons (Fsp3) is 0.500. The number of cyclic esters (lactones) is 1. The van der Waals surface area contributed by atoms with Gasteiger partial charge in [-0.15, -0.1) is 0 Å². The topological polar surface area (TPSA) is 68.2 Å². The predicted molar refractivity (Wildman–Crippen MR) is 52.9 cm³/mol. The summed E-state index contributed by atoms with van der Waals surface area (Å²) in [5.41, 5.74) is 0. The summed E-state index contributed by atoms with van der Waals surface area (Å²) in [6, 6.07) is -0.0876. The monoisotopic (exact) mass is 228 g/mol. The Hall–Kier alpha value is -1.43. The Labute approximate surface area is 91.2 Å². The second-order valence-corrected chi connectivity index (χ2v) is 3.59. The fourth-order valence-corrected chi connectivity index (χ4v) is 1.54. The molecule has 0 unspecified atom stereocenters. The number of hydrogen-bond acceptors (Lipinski definition) is 5. The number of rotatable bonds is 1. The number of halogens is 1. The van der Waals surface area contributed by atoms with E-state index in [2.05, 4.69) is 15.0 Å². The molecule has 1 aliphatic rings. The maximum absolute atomic E-state index is 11.4. The molecule has 1 aliphatic heterocycles. The molecule has 0 spiro atoms. The maximum atomic E-state index is 11.4. The Morgan fingerprint density at radius 2 is 2.20 bits per heavy atom. The smallest absolute Gasteiger partial charge is 0.417 e. The number of aryl methyl sites for hydroxylation is 1. The highest BCUT2D eigenvalue weighted by Crippen LogP contribution is 2.19. The number of carbonyl (C=O) groups is 1. The Kier molecular flexibility index (Phi) is 2.44. The van der Waals surface area contributed by atoms with Crippen LogP contribution in [-0.2, 0) is 4.74 Å². The zero-order valence-electron chi connectivity index (χ0n) is 8.27. The van der Waals surface area contributed by atoms with Gasteiger partial charge in [-0.25, -0.2) is 14.7 Å². The van der Waals surface area contributed by atoms with E-state index in [1.165, 1.54) is 4.90 Å². The summed E-state index contributed by atoms with van der Waals surface area (Å²) in [6.07, 6.45) is -0.454. The van der Waals surface area contributed by atoms with E-state index in [1.54, 1.807) is 6.92 Å². The van der Waals surface area contributed by atoms with Crippen LogP contribution in [0.25, 0.3) is 0 Å². The van der Waals surface area contributed by atoms with Gasteiger partial charge in [0.2, 0.25) is 11.2 Å².